The van der Waals surface area contributed by atoms with Crippen molar-refractivity contribution in [2.75, 3.05) is 0 Å². The molecule has 4 aliphatic carbocycles. The van der Waals surface area contributed by atoms with Crippen LogP contribution in [0, 0.1) is 52.3 Å². The van der Waals surface area contributed by atoms with E-state index in [1.807, 2.05) is 0 Å². The molecule has 0 unspecified atom stereocenters. The van der Waals surface area contributed by atoms with Crippen LogP contribution in [0.1, 0.15) is 196 Å². The summed E-state index contributed by atoms with van der Waals surface area (Å²) in [4.78, 5) is 12.8. The fraction of sp³-hybridized carbons (Fsp3) is 0.851. The van der Waals surface area contributed by atoms with Crippen LogP contribution < -0.4 is 0 Å². The lowest BCUT2D eigenvalue weighted by molar-refractivity contribution is -0.151. The van der Waals surface area contributed by atoms with Crippen LogP contribution in [0.4, 0.5) is 0 Å². The highest BCUT2D eigenvalue weighted by Crippen LogP contribution is 2.67. The Morgan fingerprint density at radius 3 is 2.22 bits per heavy atom. The van der Waals surface area contributed by atoms with Gasteiger partial charge >= 0.3 is 5.97 Å². The summed E-state index contributed by atoms with van der Waals surface area (Å²) in [5.74, 6) is 6.12. The van der Waals surface area contributed by atoms with Gasteiger partial charge in [0.2, 0.25) is 0 Å². The summed E-state index contributed by atoms with van der Waals surface area (Å²) in [6, 6.07) is 0. The van der Waals surface area contributed by atoms with E-state index in [0.717, 1.165) is 73.5 Å². The van der Waals surface area contributed by atoms with Crippen LogP contribution in [0.15, 0.2) is 36.0 Å². The largest absolute Gasteiger partial charge is 0.462 e. The standard InChI is InChI=1S/C47H80O2/c1-8-10-11-12-13-14-15-16-17-18-19-20-21-22-23-24-45(48)49-40-31-33-46(6)39(35-40)27-28-41-43-30-29-42(47(43,7)34-32-44(41)46)37(5)25-26-38(9-2)36(3)4/h14-17,27,36-38,40-44H,8-13,18-26,28-35H2,1-7H3/b15-14+,17-16-/t37-,38-,40+,41+,42-,43+,44+,46+,47-/m1/s1. The van der Waals surface area contributed by atoms with Crippen molar-refractivity contribution >= 4 is 5.97 Å². The number of ether oxygens (including phenoxy) is 1. The second-order valence-corrected chi connectivity index (χ2v) is 18.3. The molecule has 0 radical (unpaired) electrons. The van der Waals surface area contributed by atoms with Gasteiger partial charge in [0.05, 0.1) is 0 Å². The Kier molecular flexibility index (Phi) is 16.6. The summed E-state index contributed by atoms with van der Waals surface area (Å²) >= 11 is 0. The van der Waals surface area contributed by atoms with Crippen molar-refractivity contribution < 1.29 is 9.53 Å². The maximum atomic E-state index is 12.8. The van der Waals surface area contributed by atoms with Crippen molar-refractivity contribution in [1.82, 2.24) is 0 Å². The molecule has 3 fully saturated rings. The minimum absolute atomic E-state index is 0.0468. The molecule has 2 heteroatoms. The first-order valence-electron chi connectivity index (χ1n) is 21.8. The second kappa shape index (κ2) is 20.1. The van der Waals surface area contributed by atoms with E-state index in [-0.39, 0.29) is 12.1 Å². The average molecular weight is 677 g/mol. The molecule has 0 aromatic rings. The third kappa shape index (κ3) is 10.9. The zero-order valence-corrected chi connectivity index (χ0v) is 33.6. The number of esters is 1. The fourth-order valence-electron chi connectivity index (χ4n) is 11.7. The van der Waals surface area contributed by atoms with E-state index >= 15 is 0 Å². The molecule has 0 aromatic heterocycles. The molecule has 4 aliphatic rings. The molecule has 0 aromatic carbocycles. The molecule has 2 nitrogen and oxygen atoms in total. The van der Waals surface area contributed by atoms with Crippen LogP contribution in [0.2, 0.25) is 0 Å². The third-order valence-electron chi connectivity index (χ3n) is 14.9. The molecule has 9 atom stereocenters. The minimum atomic E-state index is 0.0468. The molecule has 0 spiro atoms. The van der Waals surface area contributed by atoms with E-state index in [4.69, 9.17) is 4.74 Å². The van der Waals surface area contributed by atoms with Crippen molar-refractivity contribution in [3.05, 3.63) is 36.0 Å². The smallest absolute Gasteiger partial charge is 0.306 e. The van der Waals surface area contributed by atoms with E-state index in [1.165, 1.54) is 109 Å². The average Bonchev–Trinajstić information content (AvgIpc) is 3.44. The van der Waals surface area contributed by atoms with Gasteiger partial charge in [0.15, 0.2) is 0 Å². The lowest BCUT2D eigenvalue weighted by Crippen LogP contribution is -2.51. The number of hydrogen-bond donors (Lipinski definition) is 0. The zero-order chi connectivity index (χ0) is 35.3. The number of fused-ring (bicyclic) bond motifs is 5. The Bertz CT molecular complexity index is 1070. The predicted octanol–water partition coefficient (Wildman–Crippen LogP) is 14.4. The molecule has 0 aliphatic heterocycles. The number of rotatable bonds is 21. The predicted molar refractivity (Wildman–Crippen MR) is 211 cm³/mol. The van der Waals surface area contributed by atoms with Gasteiger partial charge < -0.3 is 4.74 Å². The number of carbonyl (C=O) groups is 1. The first-order valence-corrected chi connectivity index (χ1v) is 21.8. The van der Waals surface area contributed by atoms with Gasteiger partial charge in [-0.3, -0.25) is 4.79 Å². The van der Waals surface area contributed by atoms with Gasteiger partial charge in [0.25, 0.3) is 0 Å². The monoisotopic (exact) mass is 677 g/mol. The van der Waals surface area contributed by atoms with Crippen molar-refractivity contribution in [3.63, 3.8) is 0 Å². The van der Waals surface area contributed by atoms with Crippen LogP contribution in [0.25, 0.3) is 0 Å². The molecule has 0 bridgehead atoms. The highest BCUT2D eigenvalue weighted by Gasteiger charge is 2.59. The normalized spacial score (nSPS) is 32.6. The summed E-state index contributed by atoms with van der Waals surface area (Å²) in [5, 5.41) is 0. The lowest BCUT2D eigenvalue weighted by Gasteiger charge is -2.58. The highest BCUT2D eigenvalue weighted by molar-refractivity contribution is 5.69. The van der Waals surface area contributed by atoms with E-state index in [1.54, 1.807) is 5.57 Å². The molecule has 0 heterocycles. The molecular weight excluding hydrogens is 597 g/mol. The van der Waals surface area contributed by atoms with Gasteiger partial charge in [0, 0.05) is 12.8 Å². The summed E-state index contributed by atoms with van der Waals surface area (Å²) < 4.78 is 6.13. The first-order chi connectivity index (χ1) is 23.6. The van der Waals surface area contributed by atoms with Crippen molar-refractivity contribution in [2.45, 2.75) is 202 Å². The molecule has 0 saturated heterocycles. The summed E-state index contributed by atoms with van der Waals surface area (Å²) in [6.07, 6.45) is 40.5. The highest BCUT2D eigenvalue weighted by atomic mass is 16.5. The van der Waals surface area contributed by atoms with Gasteiger partial charge in [-0.15, -0.1) is 0 Å². The Balaban J connectivity index is 1.14. The van der Waals surface area contributed by atoms with Crippen molar-refractivity contribution in [1.29, 1.82) is 0 Å². The van der Waals surface area contributed by atoms with Crippen LogP contribution in [-0.4, -0.2) is 12.1 Å². The van der Waals surface area contributed by atoms with Crippen LogP contribution in [0.3, 0.4) is 0 Å². The number of unbranched alkanes of at least 4 members (excludes halogenated alkanes) is 9. The van der Waals surface area contributed by atoms with Gasteiger partial charge in [-0.25, -0.2) is 0 Å². The fourth-order valence-corrected chi connectivity index (χ4v) is 11.7. The first kappa shape index (κ1) is 40.5. The van der Waals surface area contributed by atoms with Gasteiger partial charge in [0.1, 0.15) is 6.10 Å². The molecule has 4 rings (SSSR count). The maximum Gasteiger partial charge on any atom is 0.306 e. The summed E-state index contributed by atoms with van der Waals surface area (Å²) in [6.45, 7) is 17.4. The molecular formula is C47H80O2. The lowest BCUT2D eigenvalue weighted by atomic mass is 9.47. The quantitative estimate of drug-likeness (QED) is 0.0523. The van der Waals surface area contributed by atoms with Crippen molar-refractivity contribution in [2.24, 2.45) is 52.3 Å². The van der Waals surface area contributed by atoms with Crippen molar-refractivity contribution in [3.8, 4) is 0 Å². The Hall–Kier alpha value is -1.31. The van der Waals surface area contributed by atoms with Gasteiger partial charge in [-0.1, -0.05) is 136 Å². The number of allylic oxidation sites excluding steroid dienone is 5. The Morgan fingerprint density at radius 2 is 1.53 bits per heavy atom. The number of carbonyl (C=O) groups excluding carboxylic acids is 1. The van der Waals surface area contributed by atoms with E-state index in [2.05, 4.69) is 78.8 Å². The molecule has 49 heavy (non-hydrogen) atoms. The van der Waals surface area contributed by atoms with Gasteiger partial charge in [-0.05, 0) is 136 Å². The minimum Gasteiger partial charge on any atom is -0.462 e. The summed E-state index contributed by atoms with van der Waals surface area (Å²) in [5.41, 5.74) is 2.50. The zero-order valence-electron chi connectivity index (χ0n) is 33.6. The van der Waals surface area contributed by atoms with Crippen LogP contribution >= 0.6 is 0 Å². The van der Waals surface area contributed by atoms with E-state index in [9.17, 15) is 4.79 Å². The summed E-state index contributed by atoms with van der Waals surface area (Å²) in [7, 11) is 0. The van der Waals surface area contributed by atoms with E-state index < -0.39 is 0 Å². The van der Waals surface area contributed by atoms with Gasteiger partial charge in [-0.2, -0.15) is 0 Å². The number of hydrogen-bond acceptors (Lipinski definition) is 2. The Morgan fingerprint density at radius 1 is 0.837 bits per heavy atom. The topological polar surface area (TPSA) is 26.3 Å². The third-order valence-corrected chi connectivity index (χ3v) is 14.9. The van der Waals surface area contributed by atoms with E-state index in [0.29, 0.717) is 17.3 Å². The molecule has 3 saturated carbocycles. The van der Waals surface area contributed by atoms with Crippen LogP contribution in [-0.2, 0) is 9.53 Å². The molecule has 0 amide bonds. The SMILES string of the molecule is CCCCCC/C=C/C=C\CCCCCCCC(=O)O[C@H]1CC[C@@]2(C)C(=CC[C@H]3[C@@H]4CC[C@H]([C@H](C)CC[C@@H](CC)C(C)C)[C@@]4(C)CC[C@@H]32)C1. The van der Waals surface area contributed by atoms with Crippen LogP contribution in [0.5, 0.6) is 0 Å². The second-order valence-electron chi connectivity index (χ2n) is 18.3. The molecule has 280 valence electrons. The Labute approximate surface area is 305 Å². The maximum absolute atomic E-state index is 12.8. The molecule has 0 N–H and O–H groups in total.